The van der Waals surface area contributed by atoms with Crippen molar-refractivity contribution >= 4 is 22.0 Å². The molecule has 2 aromatic rings. The number of rotatable bonds is 15. The summed E-state index contributed by atoms with van der Waals surface area (Å²) < 4.78 is 38.2. The number of amides is 2. The van der Waals surface area contributed by atoms with E-state index in [0.717, 1.165) is 18.4 Å². The number of benzene rings is 2. The minimum atomic E-state index is -3.98. The molecule has 0 saturated carbocycles. The minimum Gasteiger partial charge on any atom is -0.497 e. The van der Waals surface area contributed by atoms with E-state index >= 15 is 0 Å². The van der Waals surface area contributed by atoms with Gasteiger partial charge in [-0.2, -0.15) is 4.31 Å². The highest BCUT2D eigenvalue weighted by Gasteiger charge is 2.31. The number of primary amides is 1. The third kappa shape index (κ3) is 9.14. The smallest absolute Gasteiger partial charge is 0.407 e. The summed E-state index contributed by atoms with van der Waals surface area (Å²) in [5.41, 5.74) is 5.84. The highest BCUT2D eigenvalue weighted by molar-refractivity contribution is 7.89. The molecule has 4 N–H and O–H groups in total. The summed E-state index contributed by atoms with van der Waals surface area (Å²) in [6, 6.07) is 14.3. The Morgan fingerprint density at radius 3 is 2.47 bits per heavy atom. The molecule has 0 radical (unpaired) electrons. The highest BCUT2D eigenvalue weighted by Crippen LogP contribution is 2.22. The predicted molar refractivity (Wildman–Crippen MR) is 135 cm³/mol. The number of methoxy groups -OCH3 is 1. The number of ether oxygens (including phenoxy) is 2. The molecule has 2 aromatic carbocycles. The van der Waals surface area contributed by atoms with Gasteiger partial charge in [0.05, 0.1) is 24.2 Å². The van der Waals surface area contributed by atoms with Gasteiger partial charge in [0.2, 0.25) is 10.0 Å². The van der Waals surface area contributed by atoms with Gasteiger partial charge in [-0.3, -0.25) is 4.79 Å². The molecule has 36 heavy (non-hydrogen) atoms. The first-order valence-corrected chi connectivity index (χ1v) is 13.2. The third-order valence-corrected chi connectivity index (χ3v) is 7.35. The summed E-state index contributed by atoms with van der Waals surface area (Å²) in [5.74, 6) is -0.428. The van der Waals surface area contributed by atoms with Crippen molar-refractivity contribution in [1.82, 2.24) is 9.62 Å². The zero-order valence-electron chi connectivity index (χ0n) is 20.6. The van der Waals surface area contributed by atoms with Crippen LogP contribution in [0.4, 0.5) is 4.79 Å². The van der Waals surface area contributed by atoms with Gasteiger partial charge in [0.15, 0.2) is 6.61 Å². The molecule has 0 aliphatic rings. The monoisotopic (exact) mass is 521 g/mol. The average molecular weight is 522 g/mol. The number of alkyl carbamates (subject to hydrolysis) is 1. The van der Waals surface area contributed by atoms with Gasteiger partial charge >= 0.3 is 6.09 Å². The Hall–Kier alpha value is -3.15. The van der Waals surface area contributed by atoms with Gasteiger partial charge in [0, 0.05) is 19.2 Å². The number of nitrogens with one attached hydrogen (secondary N) is 1. The van der Waals surface area contributed by atoms with Crippen molar-refractivity contribution in [3.63, 3.8) is 0 Å². The van der Waals surface area contributed by atoms with E-state index < -0.39 is 40.8 Å². The van der Waals surface area contributed by atoms with Crippen LogP contribution in [0.15, 0.2) is 59.5 Å². The fourth-order valence-electron chi connectivity index (χ4n) is 3.58. The largest absolute Gasteiger partial charge is 0.497 e. The molecule has 10 nitrogen and oxygen atoms in total. The molecular formula is C25H35N3O7S. The molecule has 0 saturated heterocycles. The molecule has 0 unspecified atom stereocenters. The lowest BCUT2D eigenvalue weighted by Crippen LogP contribution is -2.51. The molecule has 0 heterocycles. The molecule has 2 amide bonds. The van der Waals surface area contributed by atoms with Crippen LogP contribution < -0.4 is 15.8 Å². The van der Waals surface area contributed by atoms with Crippen LogP contribution in [0, 0.1) is 0 Å². The van der Waals surface area contributed by atoms with Gasteiger partial charge in [-0.25, -0.2) is 13.2 Å². The van der Waals surface area contributed by atoms with Crippen molar-refractivity contribution in [3.8, 4) is 5.75 Å². The molecule has 198 valence electrons. The van der Waals surface area contributed by atoms with Gasteiger partial charge in [-0.15, -0.1) is 0 Å². The van der Waals surface area contributed by atoms with Gasteiger partial charge in [0.25, 0.3) is 5.91 Å². The lowest BCUT2D eigenvalue weighted by atomic mass is 10.0. The van der Waals surface area contributed by atoms with Crippen molar-refractivity contribution in [2.75, 3.05) is 26.8 Å². The normalized spacial score (nSPS) is 13.1. The Morgan fingerprint density at radius 1 is 1.11 bits per heavy atom. The number of carbonyl (C=O) groups is 2. The maximum atomic E-state index is 13.5. The second-order valence-electron chi connectivity index (χ2n) is 8.30. The maximum Gasteiger partial charge on any atom is 0.407 e. The summed E-state index contributed by atoms with van der Waals surface area (Å²) >= 11 is 0. The van der Waals surface area contributed by atoms with Crippen molar-refractivity contribution in [2.24, 2.45) is 5.73 Å². The standard InChI is InChI=1S/C25H35N3O7S/c1-3-4-8-14-28(36(32,33)21-13-9-12-20(16-21)34-2)17-23(29)22(15-19-10-6-5-7-11-19)27-25(31)35-18-24(26)30/h5-7,9-13,16,22-23,29H,3-4,8,14-15,17-18H2,1-2H3,(H2,26,30)(H,27,31)/t22-,23+/m0/s1. The van der Waals surface area contributed by atoms with E-state index in [2.05, 4.69) is 5.32 Å². The predicted octanol–water partition coefficient (Wildman–Crippen LogP) is 2.06. The molecule has 2 atom stereocenters. The number of nitrogens with two attached hydrogens (primary N) is 1. The quantitative estimate of drug-likeness (QED) is 0.304. The third-order valence-electron chi connectivity index (χ3n) is 5.49. The van der Waals surface area contributed by atoms with Crippen LogP contribution in [-0.2, 0) is 26.0 Å². The molecule has 0 fully saturated rings. The molecule has 0 aliphatic carbocycles. The molecule has 11 heteroatoms. The van der Waals surface area contributed by atoms with Crippen LogP contribution >= 0.6 is 0 Å². The summed E-state index contributed by atoms with van der Waals surface area (Å²) in [7, 11) is -2.53. The number of unbranched alkanes of at least 4 members (excludes halogenated alkanes) is 2. The second kappa shape index (κ2) is 14.4. The van der Waals surface area contributed by atoms with E-state index in [0.29, 0.717) is 12.2 Å². The molecule has 2 rings (SSSR count). The van der Waals surface area contributed by atoms with Crippen LogP contribution in [0.2, 0.25) is 0 Å². The number of hydrogen-bond acceptors (Lipinski definition) is 7. The van der Waals surface area contributed by atoms with Gasteiger partial charge in [-0.05, 0) is 30.5 Å². The lowest BCUT2D eigenvalue weighted by Gasteiger charge is -2.29. The number of sulfonamides is 1. The van der Waals surface area contributed by atoms with Crippen LogP contribution in [-0.4, -0.2) is 68.8 Å². The van der Waals surface area contributed by atoms with E-state index in [9.17, 15) is 23.1 Å². The van der Waals surface area contributed by atoms with E-state index in [1.54, 1.807) is 12.1 Å². The molecule has 0 bridgehead atoms. The molecule has 0 aliphatic heterocycles. The zero-order chi connectivity index (χ0) is 26.6. The van der Waals surface area contributed by atoms with Gasteiger partial charge in [0.1, 0.15) is 5.75 Å². The van der Waals surface area contributed by atoms with Crippen molar-refractivity contribution < 1.29 is 32.6 Å². The van der Waals surface area contributed by atoms with Crippen LogP contribution in [0.3, 0.4) is 0 Å². The Kier molecular flexibility index (Phi) is 11.6. The Bertz CT molecular complexity index is 1080. The van der Waals surface area contributed by atoms with Gasteiger partial charge < -0.3 is 25.6 Å². The number of aliphatic hydroxyl groups excluding tert-OH is 1. The summed E-state index contributed by atoms with van der Waals surface area (Å²) in [6.07, 6.45) is 0.278. The van der Waals surface area contributed by atoms with Gasteiger partial charge in [-0.1, -0.05) is 56.2 Å². The number of carbonyl (C=O) groups excluding carboxylic acids is 2. The van der Waals surface area contributed by atoms with Crippen molar-refractivity contribution in [2.45, 2.75) is 49.6 Å². The van der Waals surface area contributed by atoms with E-state index in [-0.39, 0.29) is 24.4 Å². The minimum absolute atomic E-state index is 0.0407. The summed E-state index contributed by atoms with van der Waals surface area (Å²) in [5, 5.41) is 13.7. The van der Waals surface area contributed by atoms with E-state index in [4.69, 9.17) is 15.2 Å². The topological polar surface area (TPSA) is 148 Å². The van der Waals surface area contributed by atoms with Crippen molar-refractivity contribution in [1.29, 1.82) is 0 Å². The molecule has 0 aromatic heterocycles. The summed E-state index contributed by atoms with van der Waals surface area (Å²) in [4.78, 5) is 23.2. The van der Waals surface area contributed by atoms with E-state index in [1.807, 2.05) is 37.3 Å². The average Bonchev–Trinajstić information content (AvgIpc) is 2.87. The number of hydrogen-bond donors (Lipinski definition) is 3. The number of nitrogens with zero attached hydrogens (tertiary/aromatic N) is 1. The van der Waals surface area contributed by atoms with Crippen LogP contribution in [0.5, 0.6) is 5.75 Å². The zero-order valence-corrected chi connectivity index (χ0v) is 21.4. The lowest BCUT2D eigenvalue weighted by molar-refractivity contribution is -0.120. The Balaban J connectivity index is 2.29. The Labute approximate surface area is 212 Å². The highest BCUT2D eigenvalue weighted by atomic mass is 32.2. The van der Waals surface area contributed by atoms with E-state index in [1.165, 1.54) is 23.5 Å². The fourth-order valence-corrected chi connectivity index (χ4v) is 5.11. The fraction of sp³-hybridized carbons (Fsp3) is 0.440. The molecule has 0 spiro atoms. The van der Waals surface area contributed by atoms with Crippen molar-refractivity contribution in [3.05, 3.63) is 60.2 Å². The first-order chi connectivity index (χ1) is 17.2. The van der Waals surface area contributed by atoms with Crippen LogP contribution in [0.25, 0.3) is 0 Å². The SMILES string of the molecule is CCCCCN(C[C@@H](O)[C@H](Cc1ccccc1)NC(=O)OCC(N)=O)S(=O)(=O)c1cccc(OC)c1. The number of aliphatic hydroxyl groups is 1. The second-order valence-corrected chi connectivity index (χ2v) is 10.2. The first-order valence-electron chi connectivity index (χ1n) is 11.7. The first kappa shape index (κ1) is 29.1. The maximum absolute atomic E-state index is 13.5. The molecular weight excluding hydrogens is 486 g/mol. The summed E-state index contributed by atoms with van der Waals surface area (Å²) in [6.45, 7) is 1.31. The Morgan fingerprint density at radius 2 is 1.83 bits per heavy atom. The van der Waals surface area contributed by atoms with Crippen LogP contribution in [0.1, 0.15) is 31.7 Å².